The van der Waals surface area contributed by atoms with E-state index in [1.807, 2.05) is 11.3 Å². The molecular weight excluding hydrogens is 807 g/mol. The summed E-state index contributed by atoms with van der Waals surface area (Å²) in [4.78, 5) is 2.56. The monoisotopic (exact) mass is 847 g/mol. The van der Waals surface area contributed by atoms with Gasteiger partial charge in [-0.15, -0.1) is 11.3 Å². The van der Waals surface area contributed by atoms with Gasteiger partial charge >= 0.3 is 0 Å². The molecule has 2 aromatic heterocycles. The van der Waals surface area contributed by atoms with Crippen LogP contribution in [-0.2, 0) is 10.8 Å². The Labute approximate surface area is 381 Å². The Morgan fingerprint density at radius 3 is 1.72 bits per heavy atom. The molecule has 2 heterocycles. The molecule has 0 atom stereocenters. The van der Waals surface area contributed by atoms with Crippen LogP contribution >= 0.6 is 11.3 Å². The minimum absolute atomic E-state index is 0.187. The summed E-state index contributed by atoms with van der Waals surface area (Å²) in [7, 11) is 0. The Bertz CT molecular complexity index is 3900. The summed E-state index contributed by atoms with van der Waals surface area (Å²) in [5.74, 6) is 0. The number of rotatable bonds is 5. The van der Waals surface area contributed by atoms with E-state index in [-0.39, 0.29) is 5.41 Å². The largest absolute Gasteiger partial charge is 0.455 e. The fourth-order valence-corrected chi connectivity index (χ4v) is 13.1. The molecule has 2 aliphatic carbocycles. The average molecular weight is 848 g/mol. The number of hydrogen-bond donors (Lipinski definition) is 0. The lowest BCUT2D eigenvalue weighted by Gasteiger charge is -2.36. The van der Waals surface area contributed by atoms with Gasteiger partial charge in [-0.25, -0.2) is 0 Å². The molecule has 0 N–H and O–H groups in total. The molecule has 12 aromatic rings. The molecule has 306 valence electrons. The number of para-hydroxylation sites is 1. The van der Waals surface area contributed by atoms with E-state index < -0.39 is 5.41 Å². The molecule has 2 aliphatic rings. The van der Waals surface area contributed by atoms with Crippen molar-refractivity contribution in [3.05, 3.63) is 246 Å². The van der Waals surface area contributed by atoms with E-state index in [4.69, 9.17) is 4.42 Å². The predicted octanol–water partition coefficient (Wildman–Crippen LogP) is 17.2. The van der Waals surface area contributed by atoms with Gasteiger partial charge in [0.1, 0.15) is 11.2 Å². The molecule has 0 saturated heterocycles. The summed E-state index contributed by atoms with van der Waals surface area (Å²) in [5.41, 5.74) is 17.4. The third kappa shape index (κ3) is 4.94. The lowest BCUT2D eigenvalue weighted by molar-refractivity contribution is 0.660. The van der Waals surface area contributed by atoms with Crippen molar-refractivity contribution in [1.29, 1.82) is 0 Å². The van der Waals surface area contributed by atoms with Crippen LogP contribution in [0.2, 0.25) is 0 Å². The minimum Gasteiger partial charge on any atom is -0.455 e. The molecule has 0 spiro atoms. The zero-order chi connectivity index (χ0) is 43.0. The second kappa shape index (κ2) is 13.4. The van der Waals surface area contributed by atoms with Gasteiger partial charge in [-0.1, -0.05) is 184 Å². The van der Waals surface area contributed by atoms with E-state index in [1.54, 1.807) is 0 Å². The molecule has 0 radical (unpaired) electrons. The van der Waals surface area contributed by atoms with Crippen molar-refractivity contribution >= 4 is 81.3 Å². The van der Waals surface area contributed by atoms with Crippen LogP contribution in [0.25, 0.3) is 75.1 Å². The summed E-state index contributed by atoms with van der Waals surface area (Å²) in [6.07, 6.45) is 0. The maximum atomic E-state index is 6.73. The van der Waals surface area contributed by atoms with E-state index in [9.17, 15) is 0 Å². The normalized spacial score (nSPS) is 14.2. The van der Waals surface area contributed by atoms with Crippen molar-refractivity contribution in [2.24, 2.45) is 0 Å². The Morgan fingerprint density at radius 1 is 0.400 bits per heavy atom. The first kappa shape index (κ1) is 36.7. The zero-order valence-electron chi connectivity index (χ0n) is 36.0. The fourth-order valence-electron chi connectivity index (χ4n) is 11.9. The summed E-state index contributed by atoms with van der Waals surface area (Å²) < 4.78 is 9.31. The number of furan rings is 1. The smallest absolute Gasteiger partial charge is 0.143 e. The number of thiophene rings is 1. The summed E-state index contributed by atoms with van der Waals surface area (Å²) in [6, 6.07) is 79.2. The second-order valence-electron chi connectivity index (χ2n) is 18.3. The van der Waals surface area contributed by atoms with E-state index in [1.165, 1.54) is 75.8 Å². The molecule has 14 rings (SSSR count). The van der Waals surface area contributed by atoms with E-state index in [0.717, 1.165) is 49.8 Å². The first-order chi connectivity index (χ1) is 32.0. The molecule has 0 saturated carbocycles. The van der Waals surface area contributed by atoms with Crippen LogP contribution in [0.1, 0.15) is 47.2 Å². The van der Waals surface area contributed by atoms with Gasteiger partial charge in [0.05, 0.1) is 11.1 Å². The summed E-state index contributed by atoms with van der Waals surface area (Å²) in [6.45, 7) is 4.76. The Balaban J connectivity index is 1.15. The van der Waals surface area contributed by atoms with Crippen molar-refractivity contribution in [3.63, 3.8) is 0 Å². The van der Waals surface area contributed by atoms with Gasteiger partial charge in [0.2, 0.25) is 0 Å². The number of benzene rings is 10. The number of nitrogens with zero attached hydrogens (tertiary/aromatic N) is 1. The van der Waals surface area contributed by atoms with Gasteiger partial charge in [0.15, 0.2) is 0 Å². The van der Waals surface area contributed by atoms with Crippen LogP contribution in [0.15, 0.2) is 217 Å². The first-order valence-electron chi connectivity index (χ1n) is 22.6. The standard InChI is InChI=1S/C62H41NOS/c1-61(2)51-27-13-8-20-41(51)44-33-32-39(35-54(44)61)63(56-37-49-46-24-11-16-30-57(46)64-59(49)48-26-7-6-23-45(48)56)40-34-50-47-25-12-17-31-58(47)65-60(50)55(36-40)62(38-18-4-3-5-19-38)52-28-14-9-21-42(52)43-22-10-15-29-53(43)62/h3-37H,1-2H3. The van der Waals surface area contributed by atoms with Gasteiger partial charge in [0.25, 0.3) is 0 Å². The van der Waals surface area contributed by atoms with Gasteiger partial charge < -0.3 is 9.32 Å². The molecule has 10 aromatic carbocycles. The van der Waals surface area contributed by atoms with Crippen LogP contribution in [0.4, 0.5) is 17.1 Å². The third-order valence-corrected chi connectivity index (χ3v) is 15.9. The number of anilines is 3. The number of hydrogen-bond acceptors (Lipinski definition) is 3. The van der Waals surface area contributed by atoms with Crippen molar-refractivity contribution in [2.75, 3.05) is 4.90 Å². The Morgan fingerprint density at radius 2 is 0.969 bits per heavy atom. The molecular formula is C62H41NOS. The second-order valence-corrected chi connectivity index (χ2v) is 19.4. The highest BCUT2D eigenvalue weighted by atomic mass is 32.1. The van der Waals surface area contributed by atoms with Crippen molar-refractivity contribution in [1.82, 2.24) is 0 Å². The van der Waals surface area contributed by atoms with Crippen LogP contribution in [-0.4, -0.2) is 0 Å². The topological polar surface area (TPSA) is 16.4 Å². The average Bonchev–Trinajstić information content (AvgIpc) is 4.08. The first-order valence-corrected chi connectivity index (χ1v) is 23.4. The molecule has 2 nitrogen and oxygen atoms in total. The van der Waals surface area contributed by atoms with Crippen LogP contribution < -0.4 is 4.90 Å². The van der Waals surface area contributed by atoms with Crippen molar-refractivity contribution in [3.8, 4) is 22.3 Å². The molecule has 65 heavy (non-hydrogen) atoms. The lowest BCUT2D eigenvalue weighted by Crippen LogP contribution is -2.29. The molecule has 0 bridgehead atoms. The summed E-state index contributed by atoms with van der Waals surface area (Å²) >= 11 is 1.91. The lowest BCUT2D eigenvalue weighted by atomic mass is 9.67. The van der Waals surface area contributed by atoms with E-state index in [2.05, 4.69) is 231 Å². The van der Waals surface area contributed by atoms with E-state index in [0.29, 0.717) is 0 Å². The highest BCUT2D eigenvalue weighted by molar-refractivity contribution is 7.26. The molecule has 0 unspecified atom stereocenters. The SMILES string of the molecule is CC1(C)c2ccccc2-c2ccc(N(c3cc(C4(c5ccccc5)c5ccccc5-c5ccccc54)c4sc5ccccc5c4c3)c3cc4c5ccccc5oc4c4ccccc34)cc21. The molecule has 0 fully saturated rings. The zero-order valence-corrected chi connectivity index (χ0v) is 36.8. The van der Waals surface area contributed by atoms with Gasteiger partial charge in [-0.2, -0.15) is 0 Å². The van der Waals surface area contributed by atoms with Gasteiger partial charge in [-0.3, -0.25) is 0 Å². The van der Waals surface area contributed by atoms with Crippen molar-refractivity contribution < 1.29 is 4.42 Å². The maximum Gasteiger partial charge on any atom is 0.143 e. The summed E-state index contributed by atoms with van der Waals surface area (Å²) in [5, 5.41) is 6.97. The quantitative estimate of drug-likeness (QED) is 0.172. The Kier molecular flexibility index (Phi) is 7.57. The maximum absolute atomic E-state index is 6.73. The number of fused-ring (bicyclic) bond motifs is 14. The van der Waals surface area contributed by atoms with Crippen molar-refractivity contribution in [2.45, 2.75) is 24.7 Å². The van der Waals surface area contributed by atoms with Gasteiger partial charge in [0, 0.05) is 58.5 Å². The minimum atomic E-state index is -0.608. The van der Waals surface area contributed by atoms with Gasteiger partial charge in [-0.05, 0) is 98.1 Å². The van der Waals surface area contributed by atoms with E-state index >= 15 is 0 Å². The van der Waals surface area contributed by atoms with Crippen LogP contribution in [0.3, 0.4) is 0 Å². The Hall–Kier alpha value is -7.72. The third-order valence-electron chi connectivity index (χ3n) is 14.7. The molecule has 0 amide bonds. The van der Waals surface area contributed by atoms with Crippen LogP contribution in [0.5, 0.6) is 0 Å². The molecule has 0 aliphatic heterocycles. The highest BCUT2D eigenvalue weighted by Gasteiger charge is 2.47. The van der Waals surface area contributed by atoms with Crippen LogP contribution in [0, 0.1) is 0 Å². The predicted molar refractivity (Wildman–Crippen MR) is 274 cm³/mol. The fraction of sp³-hybridized carbons (Fsp3) is 0.0645. The molecule has 3 heteroatoms. The highest BCUT2D eigenvalue weighted by Crippen LogP contribution is 2.60.